The topological polar surface area (TPSA) is 18.5 Å². The highest BCUT2D eigenvalue weighted by Gasteiger charge is 2.65. The second kappa shape index (κ2) is 8.02. The Morgan fingerprint density at radius 2 is 1.28 bits per heavy atom. The van der Waals surface area contributed by atoms with Crippen molar-refractivity contribution in [3.05, 3.63) is 113 Å². The van der Waals surface area contributed by atoms with Gasteiger partial charge in [-0.1, -0.05) is 72.8 Å². The molecule has 0 N–H and O–H groups in total. The van der Waals surface area contributed by atoms with Crippen molar-refractivity contribution >= 4 is 6.08 Å². The molecule has 8 heteroatoms. The standard InChI is InChI=1S/C24H16F6O2/c25-23(26,27)19-13-11-17(12-14-19)21-20(15-16-7-3-1-4-8-16)31-22(32-21,24(28,29)30)18-9-5-2-6-10-18/h1-15,21H/b20-15-. The molecule has 0 radical (unpaired) electrons. The van der Waals surface area contributed by atoms with E-state index in [-0.39, 0.29) is 16.9 Å². The molecule has 0 saturated carbocycles. The van der Waals surface area contributed by atoms with Gasteiger partial charge in [-0.05, 0) is 29.3 Å². The van der Waals surface area contributed by atoms with Gasteiger partial charge in [0.15, 0.2) is 0 Å². The van der Waals surface area contributed by atoms with Crippen molar-refractivity contribution in [2.45, 2.75) is 24.2 Å². The minimum atomic E-state index is -4.97. The Morgan fingerprint density at radius 3 is 1.81 bits per heavy atom. The fourth-order valence-corrected chi connectivity index (χ4v) is 3.44. The predicted octanol–water partition coefficient (Wildman–Crippen LogP) is 7.25. The van der Waals surface area contributed by atoms with Gasteiger partial charge < -0.3 is 9.47 Å². The van der Waals surface area contributed by atoms with Crippen molar-refractivity contribution in [1.82, 2.24) is 0 Å². The zero-order valence-corrected chi connectivity index (χ0v) is 16.3. The summed E-state index contributed by atoms with van der Waals surface area (Å²) in [5.74, 6) is -3.28. The first-order valence-electron chi connectivity index (χ1n) is 9.53. The maximum atomic E-state index is 14.3. The third-order valence-electron chi connectivity index (χ3n) is 4.98. The van der Waals surface area contributed by atoms with Crippen molar-refractivity contribution in [2.75, 3.05) is 0 Å². The zero-order chi connectivity index (χ0) is 23.0. The average molecular weight is 450 g/mol. The monoisotopic (exact) mass is 450 g/mol. The quantitative estimate of drug-likeness (QED) is 0.392. The van der Waals surface area contributed by atoms with Crippen molar-refractivity contribution in [3.63, 3.8) is 0 Å². The SMILES string of the molecule is FC(F)(F)c1ccc(C2OC(c3ccccc3)(C(F)(F)F)O/C2=C\c2ccccc2)cc1. The Morgan fingerprint density at radius 1 is 0.719 bits per heavy atom. The minimum absolute atomic E-state index is 0.0993. The Kier molecular flexibility index (Phi) is 5.50. The number of benzene rings is 3. The lowest BCUT2D eigenvalue weighted by molar-refractivity contribution is -0.354. The Labute approximate surface area is 179 Å². The maximum Gasteiger partial charge on any atom is 0.460 e. The van der Waals surface area contributed by atoms with Crippen LogP contribution < -0.4 is 0 Å². The summed E-state index contributed by atoms with van der Waals surface area (Å²) < 4.78 is 92.7. The van der Waals surface area contributed by atoms with E-state index in [4.69, 9.17) is 9.47 Å². The summed E-state index contributed by atoms with van der Waals surface area (Å²) in [6.07, 6.45) is -9.53. The average Bonchev–Trinajstić information content (AvgIpc) is 3.15. The third kappa shape index (κ3) is 4.10. The molecule has 32 heavy (non-hydrogen) atoms. The Hall–Kier alpha value is -3.26. The van der Waals surface area contributed by atoms with Crippen LogP contribution in [0.5, 0.6) is 0 Å². The Balaban J connectivity index is 1.83. The van der Waals surface area contributed by atoms with E-state index in [2.05, 4.69) is 0 Å². The van der Waals surface area contributed by atoms with Crippen LogP contribution in [0.15, 0.2) is 90.7 Å². The molecule has 4 rings (SSSR count). The molecule has 166 valence electrons. The van der Waals surface area contributed by atoms with Crippen LogP contribution in [0.25, 0.3) is 6.08 Å². The van der Waals surface area contributed by atoms with E-state index in [1.54, 1.807) is 36.4 Å². The van der Waals surface area contributed by atoms with Crippen LogP contribution in [-0.4, -0.2) is 6.18 Å². The van der Waals surface area contributed by atoms with E-state index in [1.165, 1.54) is 30.3 Å². The van der Waals surface area contributed by atoms with E-state index in [9.17, 15) is 26.3 Å². The normalized spacial score (nSPS) is 22.7. The molecule has 0 aliphatic carbocycles. The molecule has 1 heterocycles. The van der Waals surface area contributed by atoms with Crippen LogP contribution in [0.2, 0.25) is 0 Å². The molecule has 3 aromatic rings. The fourth-order valence-electron chi connectivity index (χ4n) is 3.44. The molecule has 2 atom stereocenters. The van der Waals surface area contributed by atoms with Crippen LogP contribution in [0.4, 0.5) is 26.3 Å². The van der Waals surface area contributed by atoms with Gasteiger partial charge in [0, 0.05) is 5.56 Å². The van der Waals surface area contributed by atoms with Gasteiger partial charge in [0.25, 0.3) is 0 Å². The summed E-state index contributed by atoms with van der Waals surface area (Å²) in [7, 11) is 0. The van der Waals surface area contributed by atoms with E-state index < -0.39 is 29.8 Å². The molecule has 1 aliphatic heterocycles. The molecule has 1 saturated heterocycles. The second-order valence-electron chi connectivity index (χ2n) is 7.16. The zero-order valence-electron chi connectivity index (χ0n) is 16.3. The largest absolute Gasteiger partial charge is 0.460 e. The van der Waals surface area contributed by atoms with Gasteiger partial charge >= 0.3 is 18.1 Å². The van der Waals surface area contributed by atoms with Crippen molar-refractivity contribution in [1.29, 1.82) is 0 Å². The lowest BCUT2D eigenvalue weighted by Gasteiger charge is -2.30. The smallest absolute Gasteiger partial charge is 0.451 e. The summed E-state index contributed by atoms with van der Waals surface area (Å²) >= 11 is 0. The fraction of sp³-hybridized carbons (Fsp3) is 0.167. The molecule has 2 unspecified atom stereocenters. The van der Waals surface area contributed by atoms with Crippen molar-refractivity contribution in [3.8, 4) is 0 Å². The van der Waals surface area contributed by atoms with Crippen LogP contribution in [0.3, 0.4) is 0 Å². The highest BCUT2D eigenvalue weighted by atomic mass is 19.4. The van der Waals surface area contributed by atoms with Gasteiger partial charge in [0.2, 0.25) is 0 Å². The number of ether oxygens (including phenoxy) is 2. The van der Waals surface area contributed by atoms with E-state index in [0.29, 0.717) is 5.56 Å². The highest BCUT2D eigenvalue weighted by molar-refractivity contribution is 5.54. The molecule has 3 aromatic carbocycles. The first kappa shape index (κ1) is 22.0. The molecule has 0 spiro atoms. The number of rotatable bonds is 3. The third-order valence-corrected chi connectivity index (χ3v) is 4.98. The number of hydrogen-bond acceptors (Lipinski definition) is 2. The van der Waals surface area contributed by atoms with Gasteiger partial charge in [0.1, 0.15) is 11.9 Å². The molecule has 0 aromatic heterocycles. The molecule has 0 bridgehead atoms. The Bertz CT molecular complexity index is 1090. The van der Waals surface area contributed by atoms with Gasteiger partial charge in [-0.15, -0.1) is 0 Å². The second-order valence-corrected chi connectivity index (χ2v) is 7.16. The van der Waals surface area contributed by atoms with Gasteiger partial charge in [0.05, 0.1) is 5.56 Å². The van der Waals surface area contributed by atoms with Gasteiger partial charge in [-0.25, -0.2) is 0 Å². The summed E-state index contributed by atoms with van der Waals surface area (Å²) in [6, 6.07) is 19.1. The van der Waals surface area contributed by atoms with Crippen LogP contribution in [0, 0.1) is 0 Å². The predicted molar refractivity (Wildman–Crippen MR) is 105 cm³/mol. The summed E-state index contributed by atoms with van der Waals surface area (Å²) in [5, 5.41) is 0. The summed E-state index contributed by atoms with van der Waals surface area (Å²) in [6.45, 7) is 0. The van der Waals surface area contributed by atoms with Crippen LogP contribution in [0.1, 0.15) is 28.4 Å². The van der Waals surface area contributed by atoms with E-state index in [1.807, 2.05) is 0 Å². The highest BCUT2D eigenvalue weighted by Crippen LogP contribution is 2.55. The van der Waals surface area contributed by atoms with Crippen molar-refractivity contribution < 1.29 is 35.8 Å². The van der Waals surface area contributed by atoms with Gasteiger partial charge in [-0.3, -0.25) is 0 Å². The minimum Gasteiger partial charge on any atom is -0.451 e. The molecular weight excluding hydrogens is 434 g/mol. The van der Waals surface area contributed by atoms with Crippen LogP contribution in [-0.2, 0) is 21.4 Å². The van der Waals surface area contributed by atoms with E-state index >= 15 is 0 Å². The molecule has 1 fully saturated rings. The van der Waals surface area contributed by atoms with Crippen molar-refractivity contribution in [2.24, 2.45) is 0 Å². The lowest BCUT2D eigenvalue weighted by Crippen LogP contribution is -2.43. The van der Waals surface area contributed by atoms with Crippen LogP contribution >= 0.6 is 0 Å². The molecular formula is C24H16F6O2. The van der Waals surface area contributed by atoms with E-state index in [0.717, 1.165) is 24.3 Å². The number of halogens is 6. The summed E-state index contributed by atoms with van der Waals surface area (Å²) in [4.78, 5) is 0. The summed E-state index contributed by atoms with van der Waals surface area (Å²) in [5.41, 5.74) is -0.545. The maximum absolute atomic E-state index is 14.3. The molecule has 1 aliphatic rings. The first-order valence-corrected chi connectivity index (χ1v) is 9.53. The lowest BCUT2D eigenvalue weighted by atomic mass is 10.0. The first-order chi connectivity index (χ1) is 15.1. The molecule has 0 amide bonds. The number of hydrogen-bond donors (Lipinski definition) is 0. The molecule has 2 nitrogen and oxygen atoms in total. The number of alkyl halides is 6. The van der Waals surface area contributed by atoms with Gasteiger partial charge in [-0.2, -0.15) is 26.3 Å².